The predicted octanol–water partition coefficient (Wildman–Crippen LogP) is 4.45. The molecular weight excluding hydrogens is 408 g/mol. The van der Waals surface area contributed by atoms with Crippen LogP contribution in [0.4, 0.5) is 8.78 Å². The van der Waals surface area contributed by atoms with Crippen LogP contribution in [0.15, 0.2) is 42.5 Å². The molecule has 32 heavy (non-hydrogen) atoms. The molecule has 0 bridgehead atoms. The second-order valence-electron chi connectivity index (χ2n) is 9.55. The average Bonchev–Trinajstić information content (AvgIpc) is 2.77. The molecule has 0 saturated heterocycles. The third-order valence-corrected chi connectivity index (χ3v) is 6.66. The highest BCUT2D eigenvalue weighted by molar-refractivity contribution is 5.37. The number of aliphatic hydroxyl groups is 1. The number of nitrogens with two attached hydrogens (primary N) is 1. The van der Waals surface area contributed by atoms with Gasteiger partial charge in [0.15, 0.2) is 0 Å². The Labute approximate surface area is 189 Å². The fourth-order valence-corrected chi connectivity index (χ4v) is 4.58. The van der Waals surface area contributed by atoms with Gasteiger partial charge in [0, 0.05) is 24.2 Å². The molecule has 1 aliphatic rings. The van der Waals surface area contributed by atoms with E-state index in [9.17, 15) is 19.1 Å². The topological polar surface area (TPSA) is 82.1 Å². The number of aliphatic hydroxyl groups excluding tert-OH is 1. The summed E-state index contributed by atoms with van der Waals surface area (Å²) in [6.07, 6.45) is 4.48. The van der Waals surface area contributed by atoms with Gasteiger partial charge in [0.2, 0.25) is 0 Å². The molecule has 0 heterocycles. The highest BCUT2D eigenvalue weighted by Gasteiger charge is 2.35. The Bertz CT molecular complexity index is 944. The predicted molar refractivity (Wildman–Crippen MR) is 122 cm³/mol. The summed E-state index contributed by atoms with van der Waals surface area (Å²) < 4.78 is 26.9. The fourth-order valence-electron chi connectivity index (χ4n) is 4.58. The summed E-state index contributed by atoms with van der Waals surface area (Å²) in [4.78, 5) is 0. The molecule has 0 amide bonds. The van der Waals surface area contributed by atoms with Crippen molar-refractivity contribution in [2.24, 2.45) is 5.73 Å². The quantitative estimate of drug-likeness (QED) is 0.565. The Kier molecular flexibility index (Phi) is 7.66. The van der Waals surface area contributed by atoms with E-state index in [1.807, 2.05) is 26.0 Å². The van der Waals surface area contributed by atoms with E-state index in [0.717, 1.165) is 42.9 Å². The van der Waals surface area contributed by atoms with Gasteiger partial charge in [-0.15, -0.1) is 0 Å². The third kappa shape index (κ3) is 5.72. The Morgan fingerprint density at radius 2 is 1.78 bits per heavy atom. The molecule has 2 aromatic carbocycles. The highest BCUT2D eigenvalue weighted by atomic mass is 19.1. The van der Waals surface area contributed by atoms with Crippen molar-refractivity contribution in [2.75, 3.05) is 6.54 Å². The zero-order valence-electron chi connectivity index (χ0n) is 18.9. The minimum absolute atomic E-state index is 0.177. The largest absolute Gasteiger partial charge is 0.390 e. The maximum absolute atomic E-state index is 13.5. The van der Waals surface area contributed by atoms with Gasteiger partial charge in [0.05, 0.1) is 17.6 Å². The first-order valence-corrected chi connectivity index (χ1v) is 11.3. The fraction of sp³-hybridized carbons (Fsp3) is 0.500. The van der Waals surface area contributed by atoms with Gasteiger partial charge in [0.25, 0.3) is 0 Å². The summed E-state index contributed by atoms with van der Waals surface area (Å²) in [5, 5.41) is 23.8. The van der Waals surface area contributed by atoms with Gasteiger partial charge in [-0.3, -0.25) is 0 Å². The molecule has 2 aromatic rings. The second-order valence-corrected chi connectivity index (χ2v) is 9.55. The van der Waals surface area contributed by atoms with Crippen molar-refractivity contribution in [1.29, 1.82) is 5.26 Å². The van der Waals surface area contributed by atoms with Gasteiger partial charge >= 0.3 is 0 Å². The molecule has 6 heteroatoms. The first-order valence-electron chi connectivity index (χ1n) is 11.3. The normalized spacial score (nSPS) is 18.0. The summed E-state index contributed by atoms with van der Waals surface area (Å²) >= 11 is 0. The van der Waals surface area contributed by atoms with Crippen LogP contribution >= 0.6 is 0 Å². The minimum atomic E-state index is -0.876. The van der Waals surface area contributed by atoms with Gasteiger partial charge in [-0.2, -0.15) is 5.26 Å². The molecule has 0 radical (unpaired) electrons. The van der Waals surface area contributed by atoms with E-state index in [0.29, 0.717) is 5.56 Å². The number of nitrogens with zero attached hydrogens (tertiary/aromatic N) is 1. The van der Waals surface area contributed by atoms with Gasteiger partial charge in [-0.05, 0) is 61.9 Å². The third-order valence-electron chi connectivity index (χ3n) is 6.66. The number of nitriles is 1. The molecule has 1 saturated carbocycles. The minimum Gasteiger partial charge on any atom is -0.390 e. The van der Waals surface area contributed by atoms with Gasteiger partial charge in [-0.1, -0.05) is 43.5 Å². The first kappa shape index (κ1) is 24.3. The molecule has 2 unspecified atom stereocenters. The summed E-state index contributed by atoms with van der Waals surface area (Å²) in [7, 11) is 0. The molecule has 1 aliphatic carbocycles. The Hall–Kier alpha value is -2.33. The molecule has 3 rings (SSSR count). The van der Waals surface area contributed by atoms with E-state index < -0.39 is 29.2 Å². The number of hydrogen-bond donors (Lipinski definition) is 3. The molecule has 0 aromatic heterocycles. The van der Waals surface area contributed by atoms with Gasteiger partial charge in [0.1, 0.15) is 11.6 Å². The van der Waals surface area contributed by atoms with E-state index in [4.69, 9.17) is 5.73 Å². The highest BCUT2D eigenvalue weighted by Crippen LogP contribution is 2.38. The van der Waals surface area contributed by atoms with Crippen molar-refractivity contribution in [2.45, 2.75) is 75.5 Å². The first-order chi connectivity index (χ1) is 15.1. The molecular formula is C26H33F2N3O. The Balaban J connectivity index is 1.75. The number of halogens is 2. The van der Waals surface area contributed by atoms with E-state index in [1.54, 1.807) is 0 Å². The molecule has 0 aliphatic heterocycles. The smallest absolute Gasteiger partial charge is 0.126 e. The molecule has 4 N–H and O–H groups in total. The maximum Gasteiger partial charge on any atom is 0.126 e. The van der Waals surface area contributed by atoms with Crippen LogP contribution < -0.4 is 11.1 Å². The van der Waals surface area contributed by atoms with E-state index >= 15 is 0 Å². The monoisotopic (exact) mass is 441 g/mol. The van der Waals surface area contributed by atoms with Crippen LogP contribution in [0.3, 0.4) is 0 Å². The van der Waals surface area contributed by atoms with Crippen LogP contribution in [0.5, 0.6) is 0 Å². The summed E-state index contributed by atoms with van der Waals surface area (Å²) in [5.74, 6) is -1.30. The van der Waals surface area contributed by atoms with Crippen molar-refractivity contribution in [1.82, 2.24) is 5.32 Å². The van der Waals surface area contributed by atoms with Crippen molar-refractivity contribution in [3.8, 4) is 6.07 Å². The van der Waals surface area contributed by atoms with Crippen LogP contribution in [-0.2, 0) is 17.4 Å². The number of hydrogen-bond acceptors (Lipinski definition) is 4. The Morgan fingerprint density at radius 3 is 2.41 bits per heavy atom. The van der Waals surface area contributed by atoms with E-state index in [2.05, 4.69) is 23.5 Å². The van der Waals surface area contributed by atoms with Gasteiger partial charge < -0.3 is 16.2 Å². The number of nitrogens with one attached hydrogen (secondary N) is 1. The summed E-state index contributed by atoms with van der Waals surface area (Å²) in [6, 6.07) is 13.2. The average molecular weight is 442 g/mol. The van der Waals surface area contributed by atoms with Crippen LogP contribution in [0.2, 0.25) is 0 Å². The van der Waals surface area contributed by atoms with E-state index in [-0.39, 0.29) is 18.5 Å². The van der Waals surface area contributed by atoms with Crippen molar-refractivity contribution in [3.63, 3.8) is 0 Å². The molecule has 1 fully saturated rings. The lowest BCUT2D eigenvalue weighted by Gasteiger charge is -2.40. The molecule has 2 atom stereocenters. The standard InChI is InChI=1S/C26H33F2N3O/c1-25(2,17-29)19-7-6-8-20(14-19)26(9-4-3-5-10-26)31-16-24(32)23(30)13-18-11-21(27)15-22(28)12-18/h6-8,11-12,14-15,23-24,31-32H,3-5,9-10,13,16,30H2,1-2H3. The van der Waals surface area contributed by atoms with Crippen LogP contribution in [0, 0.1) is 23.0 Å². The summed E-state index contributed by atoms with van der Waals surface area (Å²) in [5.41, 5.74) is 7.79. The van der Waals surface area contributed by atoms with Crippen LogP contribution in [0.25, 0.3) is 0 Å². The van der Waals surface area contributed by atoms with Crippen molar-refractivity contribution < 1.29 is 13.9 Å². The SMILES string of the molecule is CC(C)(C#N)c1cccc(C2(NCC(O)C(N)Cc3cc(F)cc(F)c3)CCCCC2)c1. The molecule has 4 nitrogen and oxygen atoms in total. The van der Waals surface area contributed by atoms with Crippen LogP contribution in [-0.4, -0.2) is 23.8 Å². The van der Waals surface area contributed by atoms with Crippen molar-refractivity contribution in [3.05, 3.63) is 70.8 Å². The van der Waals surface area contributed by atoms with E-state index in [1.165, 1.54) is 18.6 Å². The Morgan fingerprint density at radius 1 is 1.12 bits per heavy atom. The van der Waals surface area contributed by atoms with Crippen molar-refractivity contribution >= 4 is 0 Å². The molecule has 0 spiro atoms. The lowest BCUT2D eigenvalue weighted by molar-refractivity contribution is 0.116. The summed E-state index contributed by atoms with van der Waals surface area (Å²) in [6.45, 7) is 4.08. The number of rotatable bonds is 8. The van der Waals surface area contributed by atoms with Crippen LogP contribution in [0.1, 0.15) is 62.6 Å². The zero-order valence-corrected chi connectivity index (χ0v) is 18.9. The number of benzene rings is 2. The second kappa shape index (κ2) is 10.1. The van der Waals surface area contributed by atoms with Gasteiger partial charge in [-0.25, -0.2) is 8.78 Å². The zero-order chi connectivity index (χ0) is 23.4. The maximum atomic E-state index is 13.5. The lowest BCUT2D eigenvalue weighted by atomic mass is 9.74. The molecule has 172 valence electrons. The lowest BCUT2D eigenvalue weighted by Crippen LogP contribution is -2.51.